The van der Waals surface area contributed by atoms with E-state index in [1.807, 2.05) is 38.1 Å². The van der Waals surface area contributed by atoms with Gasteiger partial charge in [-0.2, -0.15) is 0 Å². The van der Waals surface area contributed by atoms with Gasteiger partial charge in [0.2, 0.25) is 5.95 Å². The number of H-pyrrole nitrogens is 1. The van der Waals surface area contributed by atoms with Gasteiger partial charge in [-0.05, 0) is 43.7 Å². The van der Waals surface area contributed by atoms with E-state index in [2.05, 4.69) is 14.9 Å². The number of carbonyl (C=O) groups excluding carboxylic acids is 2. The number of aliphatic hydroxyl groups is 1. The van der Waals surface area contributed by atoms with Gasteiger partial charge < -0.3 is 15.0 Å². The summed E-state index contributed by atoms with van der Waals surface area (Å²) >= 11 is 0. The zero-order chi connectivity index (χ0) is 27.0. The van der Waals surface area contributed by atoms with Gasteiger partial charge in [0, 0.05) is 36.5 Å². The van der Waals surface area contributed by atoms with E-state index in [4.69, 9.17) is 0 Å². The lowest BCUT2D eigenvalue weighted by atomic mass is 9.95. The van der Waals surface area contributed by atoms with Crippen molar-refractivity contribution < 1.29 is 19.6 Å². The van der Waals surface area contributed by atoms with E-state index in [0.717, 1.165) is 18.8 Å². The maximum atomic E-state index is 13.4. The number of hydrogen-bond acceptors (Lipinski definition) is 7. The van der Waals surface area contributed by atoms with Crippen LogP contribution in [-0.4, -0.2) is 44.8 Å². The molecule has 0 saturated carbocycles. The first-order valence-electron chi connectivity index (χ1n) is 12.2. The molecule has 1 amide bonds. The van der Waals surface area contributed by atoms with Gasteiger partial charge in [0.1, 0.15) is 5.76 Å². The number of non-ortho nitro benzene ring substituents is 1. The molecule has 0 bridgehead atoms. The summed E-state index contributed by atoms with van der Waals surface area (Å²) in [6, 6.07) is 18.9. The van der Waals surface area contributed by atoms with Crippen LogP contribution in [0.5, 0.6) is 0 Å². The molecule has 3 aromatic carbocycles. The van der Waals surface area contributed by atoms with Crippen LogP contribution < -0.4 is 9.80 Å². The Morgan fingerprint density at radius 3 is 2.42 bits per heavy atom. The number of nitro groups is 1. The summed E-state index contributed by atoms with van der Waals surface area (Å²) in [4.78, 5) is 48.6. The SMILES string of the molecule is CCN(CC)c1ccc(C2/C(=C(\O)c3cccc([N+](=O)[O-])c3)C(=O)C(=O)N2c2nc3ccccc3[nH]2)cc1. The monoisotopic (exact) mass is 511 g/mol. The largest absolute Gasteiger partial charge is 0.507 e. The number of aromatic nitrogens is 2. The van der Waals surface area contributed by atoms with Crippen LogP contribution in [0.1, 0.15) is 31.0 Å². The summed E-state index contributed by atoms with van der Waals surface area (Å²) in [6.45, 7) is 5.71. The fraction of sp³-hybridized carbons (Fsp3) is 0.179. The molecule has 1 aliphatic heterocycles. The number of hydrogen-bond donors (Lipinski definition) is 2. The number of benzene rings is 3. The third-order valence-electron chi connectivity index (χ3n) is 6.72. The second kappa shape index (κ2) is 9.81. The van der Waals surface area contributed by atoms with E-state index >= 15 is 0 Å². The normalized spacial score (nSPS) is 16.8. The minimum Gasteiger partial charge on any atom is -0.507 e. The lowest BCUT2D eigenvalue weighted by Crippen LogP contribution is -2.30. The van der Waals surface area contributed by atoms with Crippen molar-refractivity contribution in [2.24, 2.45) is 0 Å². The molecule has 4 aromatic rings. The van der Waals surface area contributed by atoms with Crippen LogP contribution in [0, 0.1) is 10.1 Å². The van der Waals surface area contributed by atoms with Gasteiger partial charge in [0.05, 0.1) is 27.6 Å². The van der Waals surface area contributed by atoms with Crippen LogP contribution in [0.4, 0.5) is 17.3 Å². The summed E-state index contributed by atoms with van der Waals surface area (Å²) in [5.41, 5.74) is 2.47. The molecule has 1 aromatic heterocycles. The topological polar surface area (TPSA) is 133 Å². The third kappa shape index (κ3) is 4.15. The molecular weight excluding hydrogens is 486 g/mol. The number of carbonyl (C=O) groups is 2. The summed E-state index contributed by atoms with van der Waals surface area (Å²) in [7, 11) is 0. The molecular formula is C28H25N5O5. The fourth-order valence-corrected chi connectivity index (χ4v) is 4.80. The highest BCUT2D eigenvalue weighted by Crippen LogP contribution is 2.42. The van der Waals surface area contributed by atoms with E-state index < -0.39 is 28.4 Å². The molecule has 0 spiro atoms. The van der Waals surface area contributed by atoms with Gasteiger partial charge >= 0.3 is 5.91 Å². The molecule has 1 unspecified atom stereocenters. The van der Waals surface area contributed by atoms with Crippen molar-refractivity contribution in [2.45, 2.75) is 19.9 Å². The lowest BCUT2D eigenvalue weighted by molar-refractivity contribution is -0.384. The molecule has 192 valence electrons. The number of imidazole rings is 1. The van der Waals surface area contributed by atoms with Gasteiger partial charge in [-0.3, -0.25) is 24.6 Å². The minimum atomic E-state index is -1.01. The van der Waals surface area contributed by atoms with Crippen molar-refractivity contribution in [1.29, 1.82) is 0 Å². The number of para-hydroxylation sites is 2. The van der Waals surface area contributed by atoms with Gasteiger partial charge in [-0.1, -0.05) is 36.4 Å². The molecule has 0 radical (unpaired) electrons. The van der Waals surface area contributed by atoms with Gasteiger partial charge in [-0.15, -0.1) is 0 Å². The number of nitro benzene ring substituents is 1. The molecule has 10 heteroatoms. The smallest absolute Gasteiger partial charge is 0.302 e. The number of nitrogens with one attached hydrogen (secondary N) is 1. The van der Waals surface area contributed by atoms with E-state index in [9.17, 15) is 24.8 Å². The number of nitrogens with zero attached hydrogens (tertiary/aromatic N) is 4. The maximum absolute atomic E-state index is 13.4. The Balaban J connectivity index is 1.70. The Bertz CT molecular complexity index is 1550. The van der Waals surface area contributed by atoms with Crippen molar-refractivity contribution >= 4 is 45.8 Å². The predicted octanol–water partition coefficient (Wildman–Crippen LogP) is 4.94. The highest BCUT2D eigenvalue weighted by Gasteiger charge is 2.48. The Labute approximate surface area is 218 Å². The highest BCUT2D eigenvalue weighted by atomic mass is 16.6. The maximum Gasteiger partial charge on any atom is 0.302 e. The van der Waals surface area contributed by atoms with Crippen molar-refractivity contribution in [3.8, 4) is 0 Å². The first-order valence-corrected chi connectivity index (χ1v) is 12.2. The molecule has 2 heterocycles. The first kappa shape index (κ1) is 24.7. The summed E-state index contributed by atoms with van der Waals surface area (Å²) in [5.74, 6) is -2.12. The average molecular weight is 512 g/mol. The van der Waals surface area contributed by atoms with Crippen LogP contribution in [0.15, 0.2) is 78.4 Å². The Kier molecular flexibility index (Phi) is 6.38. The van der Waals surface area contributed by atoms with Crippen LogP contribution in [0.25, 0.3) is 16.8 Å². The molecule has 0 aliphatic carbocycles. The third-order valence-corrected chi connectivity index (χ3v) is 6.72. The number of anilines is 2. The lowest BCUT2D eigenvalue weighted by Gasteiger charge is -2.25. The summed E-state index contributed by atoms with van der Waals surface area (Å²) in [5, 5.41) is 22.6. The Hall–Kier alpha value is -4.99. The quantitative estimate of drug-likeness (QED) is 0.118. The number of ketones is 1. The van der Waals surface area contributed by atoms with Crippen LogP contribution in [0.3, 0.4) is 0 Å². The second-order valence-electron chi connectivity index (χ2n) is 8.82. The number of rotatable bonds is 7. The molecule has 1 fully saturated rings. The molecule has 2 N–H and O–H groups in total. The van der Waals surface area contributed by atoms with Crippen molar-refractivity contribution in [3.05, 3.63) is 99.6 Å². The molecule has 1 atom stereocenters. The van der Waals surface area contributed by atoms with E-state index in [-0.39, 0.29) is 22.8 Å². The first-order chi connectivity index (χ1) is 18.3. The predicted molar refractivity (Wildman–Crippen MR) is 144 cm³/mol. The number of aliphatic hydroxyl groups excluding tert-OH is 1. The summed E-state index contributed by atoms with van der Waals surface area (Å²) < 4.78 is 0. The fourth-order valence-electron chi connectivity index (χ4n) is 4.80. The van der Waals surface area contributed by atoms with Crippen LogP contribution in [0.2, 0.25) is 0 Å². The Morgan fingerprint density at radius 1 is 1.05 bits per heavy atom. The summed E-state index contributed by atoms with van der Waals surface area (Å²) in [6.07, 6.45) is 0. The van der Waals surface area contributed by atoms with Gasteiger partial charge in [-0.25, -0.2) is 4.98 Å². The average Bonchev–Trinajstić information content (AvgIpc) is 3.47. The zero-order valence-corrected chi connectivity index (χ0v) is 20.8. The molecule has 1 aliphatic rings. The molecule has 10 nitrogen and oxygen atoms in total. The van der Waals surface area contributed by atoms with Gasteiger partial charge in [0.15, 0.2) is 0 Å². The van der Waals surface area contributed by atoms with Crippen molar-refractivity contribution in [1.82, 2.24) is 9.97 Å². The van der Waals surface area contributed by atoms with E-state index in [1.165, 1.54) is 29.2 Å². The Morgan fingerprint density at radius 2 is 1.76 bits per heavy atom. The zero-order valence-electron chi connectivity index (χ0n) is 20.8. The number of amides is 1. The van der Waals surface area contributed by atoms with E-state index in [1.54, 1.807) is 24.3 Å². The number of aromatic amines is 1. The standard InChI is InChI=1S/C28H25N5O5/c1-3-31(4-2)19-14-12-17(13-15-19)24-23(25(34)18-8-7-9-20(16-18)33(37)38)26(35)27(36)32(24)28-29-21-10-5-6-11-22(21)30-28/h5-16,24,34H,3-4H2,1-2H3,(H,29,30)/b25-23+. The van der Waals surface area contributed by atoms with Crippen LogP contribution >= 0.6 is 0 Å². The van der Waals surface area contributed by atoms with Gasteiger partial charge in [0.25, 0.3) is 11.5 Å². The van der Waals surface area contributed by atoms with E-state index in [0.29, 0.717) is 16.6 Å². The molecule has 1 saturated heterocycles. The second-order valence-corrected chi connectivity index (χ2v) is 8.82. The number of Topliss-reactive ketones (excluding diaryl/α,β-unsaturated/α-hetero) is 1. The molecule has 38 heavy (non-hydrogen) atoms. The number of fused-ring (bicyclic) bond motifs is 1. The highest BCUT2D eigenvalue weighted by molar-refractivity contribution is 6.51. The minimum absolute atomic E-state index is 0.0616. The van der Waals surface area contributed by atoms with Crippen molar-refractivity contribution in [2.75, 3.05) is 22.9 Å². The van der Waals surface area contributed by atoms with Crippen LogP contribution in [-0.2, 0) is 9.59 Å². The molecule has 5 rings (SSSR count). The van der Waals surface area contributed by atoms with Crippen molar-refractivity contribution in [3.63, 3.8) is 0 Å².